The van der Waals surface area contributed by atoms with Crippen LogP contribution >= 0.6 is 0 Å². The lowest BCUT2D eigenvalue weighted by molar-refractivity contribution is -0.253. The lowest BCUT2D eigenvalue weighted by Gasteiger charge is -2.26. The summed E-state index contributed by atoms with van der Waals surface area (Å²) in [5, 5.41) is 14.6. The number of carbonyl (C=O) groups excluding carboxylic acids is 1. The minimum absolute atomic E-state index is 0.0235. The Labute approximate surface area is 259 Å². The minimum atomic E-state index is -4.68. The number of carbonyl (C=O) groups is 1. The number of halogens is 4. The third kappa shape index (κ3) is 8.30. The second-order valence-electron chi connectivity index (χ2n) is 10.9. The molecule has 5 rings (SSSR count). The zero-order valence-electron chi connectivity index (χ0n) is 24.3. The number of ether oxygens (including phenoxy) is 2. The number of benzene rings is 4. The van der Waals surface area contributed by atoms with Crippen molar-refractivity contribution < 1.29 is 36.9 Å². The maximum atomic E-state index is 13.7. The highest BCUT2D eigenvalue weighted by molar-refractivity contribution is 5.98. The predicted molar refractivity (Wildman–Crippen MR) is 164 cm³/mol. The molecular formula is C36H33F4NO4. The van der Waals surface area contributed by atoms with E-state index in [0.29, 0.717) is 29.0 Å². The summed E-state index contributed by atoms with van der Waals surface area (Å²) in [6.45, 7) is 0.309. The number of nitrogens with one attached hydrogen (secondary N) is 1. The Balaban J connectivity index is 1.42. The second kappa shape index (κ2) is 14.4. The van der Waals surface area contributed by atoms with Gasteiger partial charge in [0, 0.05) is 5.56 Å². The molecule has 0 aliphatic heterocycles. The molecule has 0 heterocycles. The van der Waals surface area contributed by atoms with E-state index in [0.717, 1.165) is 42.0 Å². The van der Waals surface area contributed by atoms with Crippen LogP contribution in [0.25, 0.3) is 6.08 Å². The van der Waals surface area contributed by atoms with Crippen LogP contribution in [-0.4, -0.2) is 29.6 Å². The van der Waals surface area contributed by atoms with Gasteiger partial charge >= 0.3 is 12.5 Å². The normalized spacial score (nSPS) is 14.3. The third-order valence-corrected chi connectivity index (χ3v) is 7.55. The standard InChI is InChI=1S/C36H33F4NO4/c37-35(38)36(39,40)45-29-17-7-12-25(20-29)21-32(41-34(43)31-19-9-14-26-13-5-2-6-18-30(26)31)33(42)27-15-8-16-28(22-27)44-23-24-10-3-1-4-11-24/h1,3-4,6-12,14-20,22,32-33,35,42H,2,5,13,21,23H2,(H,41,43). The number of aliphatic hydroxyl groups excluding tert-OH is 1. The Morgan fingerprint density at radius 1 is 0.889 bits per heavy atom. The largest absolute Gasteiger partial charge is 0.489 e. The first-order valence-corrected chi connectivity index (χ1v) is 14.7. The first-order valence-electron chi connectivity index (χ1n) is 14.7. The average Bonchev–Trinajstić information content (AvgIpc) is 3.29. The number of hydrogen-bond donors (Lipinski definition) is 2. The van der Waals surface area contributed by atoms with Crippen molar-refractivity contribution in [1.29, 1.82) is 0 Å². The number of hydrogen-bond acceptors (Lipinski definition) is 4. The molecule has 1 aliphatic carbocycles. The Morgan fingerprint density at radius 2 is 1.62 bits per heavy atom. The van der Waals surface area contributed by atoms with Gasteiger partial charge in [0.25, 0.3) is 5.91 Å². The lowest BCUT2D eigenvalue weighted by atomic mass is 9.94. The molecule has 5 nitrogen and oxygen atoms in total. The summed E-state index contributed by atoms with van der Waals surface area (Å²) in [4.78, 5) is 13.7. The van der Waals surface area contributed by atoms with E-state index >= 15 is 0 Å². The van der Waals surface area contributed by atoms with Gasteiger partial charge in [0.2, 0.25) is 0 Å². The van der Waals surface area contributed by atoms with Crippen molar-refractivity contribution >= 4 is 12.0 Å². The van der Waals surface area contributed by atoms with Gasteiger partial charge in [0.15, 0.2) is 0 Å². The zero-order valence-corrected chi connectivity index (χ0v) is 24.3. The van der Waals surface area contributed by atoms with Crippen molar-refractivity contribution in [3.8, 4) is 11.5 Å². The van der Waals surface area contributed by atoms with Gasteiger partial charge in [-0.1, -0.05) is 78.9 Å². The molecule has 234 valence electrons. The fourth-order valence-corrected chi connectivity index (χ4v) is 5.28. The number of allylic oxidation sites excluding steroid dienone is 1. The molecule has 0 saturated heterocycles. The van der Waals surface area contributed by atoms with Crippen molar-refractivity contribution in [2.45, 2.75) is 57.0 Å². The third-order valence-electron chi connectivity index (χ3n) is 7.55. The summed E-state index contributed by atoms with van der Waals surface area (Å²) in [5.74, 6) is -0.383. The van der Waals surface area contributed by atoms with E-state index < -0.39 is 36.3 Å². The van der Waals surface area contributed by atoms with Gasteiger partial charge in [-0.15, -0.1) is 0 Å². The van der Waals surface area contributed by atoms with Crippen LogP contribution in [0.4, 0.5) is 17.6 Å². The van der Waals surface area contributed by atoms with Crippen LogP contribution in [0.1, 0.15) is 57.1 Å². The maximum absolute atomic E-state index is 13.7. The molecule has 0 radical (unpaired) electrons. The Bertz CT molecular complexity index is 1630. The monoisotopic (exact) mass is 619 g/mol. The van der Waals surface area contributed by atoms with Crippen LogP contribution in [0.2, 0.25) is 0 Å². The van der Waals surface area contributed by atoms with Gasteiger partial charge in [-0.05, 0) is 83.8 Å². The average molecular weight is 620 g/mol. The molecule has 0 fully saturated rings. The van der Waals surface area contributed by atoms with E-state index in [1.54, 1.807) is 36.4 Å². The van der Waals surface area contributed by atoms with Gasteiger partial charge in [0.1, 0.15) is 18.1 Å². The van der Waals surface area contributed by atoms with E-state index in [2.05, 4.69) is 10.1 Å². The predicted octanol–water partition coefficient (Wildman–Crippen LogP) is 7.93. The molecule has 0 spiro atoms. The van der Waals surface area contributed by atoms with Crippen molar-refractivity contribution in [2.75, 3.05) is 0 Å². The molecule has 1 aliphatic rings. The number of rotatable bonds is 12. The SMILES string of the molecule is O=C(NC(Cc1cccc(OC(F)(F)C(F)F)c1)C(O)c1cccc(OCc2ccccc2)c1)c1cccc2c1C=CCCC2. The van der Waals surface area contributed by atoms with E-state index in [1.807, 2.05) is 54.6 Å². The van der Waals surface area contributed by atoms with Crippen LogP contribution in [0.5, 0.6) is 11.5 Å². The molecule has 9 heteroatoms. The van der Waals surface area contributed by atoms with Gasteiger partial charge in [-0.3, -0.25) is 4.79 Å². The molecule has 1 amide bonds. The number of amides is 1. The van der Waals surface area contributed by atoms with Gasteiger partial charge < -0.3 is 19.9 Å². The number of fused-ring (bicyclic) bond motifs is 1. The first-order chi connectivity index (χ1) is 21.7. The topological polar surface area (TPSA) is 67.8 Å². The van der Waals surface area contributed by atoms with Crippen LogP contribution in [0.15, 0.2) is 103 Å². The highest BCUT2D eigenvalue weighted by atomic mass is 19.3. The molecule has 45 heavy (non-hydrogen) atoms. The maximum Gasteiger partial charge on any atom is 0.461 e. The lowest BCUT2D eigenvalue weighted by Crippen LogP contribution is -2.41. The Kier molecular flexibility index (Phi) is 10.2. The summed E-state index contributed by atoms with van der Waals surface area (Å²) in [6, 6.07) is 26.3. The number of aryl methyl sites for hydroxylation is 1. The van der Waals surface area contributed by atoms with Gasteiger partial charge in [0.05, 0.1) is 12.1 Å². The smallest absolute Gasteiger partial charge is 0.461 e. The number of aliphatic hydroxyl groups is 1. The fraction of sp³-hybridized carbons (Fsp3) is 0.250. The van der Waals surface area contributed by atoms with E-state index in [1.165, 1.54) is 12.1 Å². The molecule has 2 atom stereocenters. The molecule has 2 unspecified atom stereocenters. The van der Waals surface area contributed by atoms with Crippen molar-refractivity contribution in [3.63, 3.8) is 0 Å². The molecule has 4 aromatic rings. The van der Waals surface area contributed by atoms with Crippen molar-refractivity contribution in [3.05, 3.63) is 137 Å². The summed E-state index contributed by atoms with van der Waals surface area (Å²) in [7, 11) is 0. The molecule has 2 N–H and O–H groups in total. The highest BCUT2D eigenvalue weighted by Crippen LogP contribution is 2.30. The molecular weight excluding hydrogens is 586 g/mol. The van der Waals surface area contributed by atoms with E-state index in [4.69, 9.17) is 4.74 Å². The van der Waals surface area contributed by atoms with E-state index in [-0.39, 0.29) is 6.42 Å². The fourth-order valence-electron chi connectivity index (χ4n) is 5.28. The minimum Gasteiger partial charge on any atom is -0.489 e. The Hall–Kier alpha value is -4.63. The van der Waals surface area contributed by atoms with Crippen molar-refractivity contribution in [1.82, 2.24) is 5.32 Å². The zero-order chi connectivity index (χ0) is 31.8. The van der Waals surface area contributed by atoms with Crippen LogP contribution in [0.3, 0.4) is 0 Å². The van der Waals surface area contributed by atoms with Crippen LogP contribution in [-0.2, 0) is 19.4 Å². The summed E-state index contributed by atoms with van der Waals surface area (Å²) in [5.41, 5.74) is 4.09. The van der Waals surface area contributed by atoms with Crippen molar-refractivity contribution in [2.24, 2.45) is 0 Å². The molecule has 4 aromatic carbocycles. The highest BCUT2D eigenvalue weighted by Gasteiger charge is 2.44. The van der Waals surface area contributed by atoms with Gasteiger partial charge in [-0.25, -0.2) is 0 Å². The molecule has 0 saturated carbocycles. The second-order valence-corrected chi connectivity index (χ2v) is 10.9. The number of alkyl halides is 4. The first kappa shape index (κ1) is 31.8. The Morgan fingerprint density at radius 3 is 2.42 bits per heavy atom. The summed E-state index contributed by atoms with van der Waals surface area (Å²) < 4.78 is 63.0. The summed E-state index contributed by atoms with van der Waals surface area (Å²) >= 11 is 0. The summed E-state index contributed by atoms with van der Waals surface area (Å²) in [6.07, 6.45) is -3.34. The van der Waals surface area contributed by atoms with Crippen LogP contribution in [0, 0.1) is 0 Å². The van der Waals surface area contributed by atoms with E-state index in [9.17, 15) is 27.5 Å². The molecule has 0 bridgehead atoms. The van der Waals surface area contributed by atoms with Crippen LogP contribution < -0.4 is 14.8 Å². The van der Waals surface area contributed by atoms with Gasteiger partial charge in [-0.2, -0.15) is 17.6 Å². The molecule has 0 aromatic heterocycles. The quantitative estimate of drug-likeness (QED) is 0.158.